The van der Waals surface area contributed by atoms with Gasteiger partial charge >= 0.3 is 6.03 Å². The van der Waals surface area contributed by atoms with Gasteiger partial charge in [0, 0.05) is 27.9 Å². The molecule has 14 heteroatoms. The van der Waals surface area contributed by atoms with Crippen LogP contribution in [0.4, 0.5) is 10.6 Å². The molecule has 6 aromatic rings. The summed E-state index contributed by atoms with van der Waals surface area (Å²) in [4.78, 5) is 32.1. The number of nitrogens with one attached hydrogen (secondary N) is 1. The zero-order chi connectivity index (χ0) is 36.3. The quantitative estimate of drug-likeness (QED) is 0.128. The second kappa shape index (κ2) is 15.0. The van der Waals surface area contributed by atoms with Crippen molar-refractivity contribution in [3.8, 4) is 28.3 Å². The van der Waals surface area contributed by atoms with Crippen LogP contribution >= 0.6 is 11.3 Å². The van der Waals surface area contributed by atoms with Gasteiger partial charge < -0.3 is 4.74 Å². The summed E-state index contributed by atoms with van der Waals surface area (Å²) in [6.45, 7) is 10.2. The molecule has 0 saturated heterocycles. The van der Waals surface area contributed by atoms with E-state index in [0.29, 0.717) is 27.7 Å². The van der Waals surface area contributed by atoms with E-state index in [-0.39, 0.29) is 28.4 Å². The Morgan fingerprint density at radius 3 is 2.45 bits per heavy atom. The number of sulfonamides is 1. The smallest absolute Gasteiger partial charge is 0.361 e. The van der Waals surface area contributed by atoms with Crippen molar-refractivity contribution < 1.29 is 22.8 Å². The lowest BCUT2D eigenvalue weighted by Crippen LogP contribution is -2.45. The lowest BCUT2D eigenvalue weighted by molar-refractivity contribution is 0.0471. The Morgan fingerprint density at radius 1 is 1.02 bits per heavy atom. The number of pyridine rings is 1. The van der Waals surface area contributed by atoms with Gasteiger partial charge in [0.1, 0.15) is 9.90 Å². The number of rotatable bonds is 12. The maximum atomic E-state index is 14.4. The summed E-state index contributed by atoms with van der Waals surface area (Å²) in [5.74, 6) is -0.330. The molecule has 0 saturated carbocycles. The highest BCUT2D eigenvalue weighted by molar-refractivity contribution is 7.95. The maximum absolute atomic E-state index is 14.4. The Balaban J connectivity index is 1.35. The molecule has 264 valence electrons. The van der Waals surface area contributed by atoms with Crippen LogP contribution in [0.15, 0.2) is 82.5 Å². The molecular weight excluding hydrogens is 687 g/mol. The van der Waals surface area contributed by atoms with Crippen LogP contribution in [0.1, 0.15) is 43.4 Å². The first kappa shape index (κ1) is 35.6. The number of hydrogen-bond acceptors (Lipinski definition) is 10. The Morgan fingerprint density at radius 2 is 1.76 bits per heavy atom. The molecule has 0 fully saturated rings. The van der Waals surface area contributed by atoms with Crippen molar-refractivity contribution in [1.29, 1.82) is 0 Å². The van der Waals surface area contributed by atoms with Crippen LogP contribution in [0.5, 0.6) is 5.88 Å². The number of urea groups is 1. The number of aromatic nitrogens is 5. The van der Waals surface area contributed by atoms with Crippen molar-refractivity contribution in [2.24, 2.45) is 5.92 Å². The van der Waals surface area contributed by atoms with Gasteiger partial charge in [0.15, 0.2) is 0 Å². The maximum Gasteiger partial charge on any atom is 0.361 e. The number of amides is 2. The summed E-state index contributed by atoms with van der Waals surface area (Å²) in [5, 5.41) is 7.73. The molecule has 2 aromatic carbocycles. The number of ether oxygens (including phenoxy) is 1. The Bertz CT molecular complexity index is 2290. The van der Waals surface area contributed by atoms with Gasteiger partial charge in [-0.1, -0.05) is 75.4 Å². The monoisotopic (exact) mass is 725 g/mol. The van der Waals surface area contributed by atoms with Gasteiger partial charge in [-0.05, 0) is 54.8 Å². The van der Waals surface area contributed by atoms with Crippen LogP contribution in [-0.4, -0.2) is 52.9 Å². The van der Waals surface area contributed by atoms with Crippen molar-refractivity contribution in [1.82, 2.24) is 30.2 Å². The van der Waals surface area contributed by atoms with E-state index in [4.69, 9.17) is 19.7 Å². The second-order valence-electron chi connectivity index (χ2n) is 12.4. The van der Waals surface area contributed by atoms with Crippen molar-refractivity contribution in [2.75, 3.05) is 18.0 Å². The van der Waals surface area contributed by atoms with E-state index in [1.54, 1.807) is 18.4 Å². The molecule has 6 rings (SSSR count). The van der Waals surface area contributed by atoms with Crippen molar-refractivity contribution in [3.05, 3.63) is 101 Å². The number of thiophene rings is 1. The van der Waals surface area contributed by atoms with E-state index >= 15 is 0 Å². The fourth-order valence-corrected chi connectivity index (χ4v) is 8.41. The summed E-state index contributed by atoms with van der Waals surface area (Å²) in [6.07, 6.45) is 2.17. The largest absolute Gasteiger partial charge is 0.478 e. The van der Waals surface area contributed by atoms with Crippen LogP contribution < -0.4 is 14.5 Å². The predicted molar refractivity (Wildman–Crippen MR) is 198 cm³/mol. The number of nitrogens with zero attached hydrogens (tertiary/aromatic N) is 6. The molecule has 0 aliphatic heterocycles. The fraction of sp³-hybridized carbons (Fsp3) is 0.270. The topological polar surface area (TPSA) is 141 Å². The summed E-state index contributed by atoms with van der Waals surface area (Å²) < 4.78 is 36.6. The molecule has 0 aliphatic carbocycles. The van der Waals surface area contributed by atoms with Gasteiger partial charge in [-0.3, -0.25) is 14.5 Å². The zero-order valence-corrected chi connectivity index (χ0v) is 30.9. The molecule has 0 spiro atoms. The highest BCUT2D eigenvalue weighted by atomic mass is 32.2. The minimum Gasteiger partial charge on any atom is -0.478 e. The van der Waals surface area contributed by atoms with Gasteiger partial charge in [0.25, 0.3) is 15.9 Å². The number of carbonyl (C=O) groups is 1. The van der Waals surface area contributed by atoms with E-state index < -0.39 is 16.1 Å². The number of methoxy groups -OCH3 is 1. The van der Waals surface area contributed by atoms with E-state index in [0.717, 1.165) is 56.9 Å². The molecule has 1 N–H and O–H groups in total. The highest BCUT2D eigenvalue weighted by Crippen LogP contribution is 2.38. The van der Waals surface area contributed by atoms with Crippen LogP contribution in [0.2, 0.25) is 0 Å². The second-order valence-corrected chi connectivity index (χ2v) is 15.3. The average Bonchev–Trinajstić information content (AvgIpc) is 3.76. The Labute approximate surface area is 301 Å². The molecule has 2 amide bonds. The standard InChI is InChI=1S/C37H39N7O5S2/c1-7-29-19-31-32(25(5)40-29)33(28-11-9-8-10-12-28)41-43(31)21-26-13-15-27(16-14-26)30-17-18-50-36(30)51(46,47)44(37(45)42-49-22-23(2)3)34-35(48-6)39-24(4)20-38-34/h8-20,23H,7,21-22H2,1-6H3,(H,42,45). The van der Waals surface area contributed by atoms with Gasteiger partial charge in [-0.25, -0.2) is 20.2 Å². The normalized spacial score (nSPS) is 11.7. The molecule has 4 aromatic heterocycles. The van der Waals surface area contributed by atoms with Crippen molar-refractivity contribution in [3.63, 3.8) is 0 Å². The molecule has 0 atom stereocenters. The minimum absolute atomic E-state index is 0.0562. The van der Waals surface area contributed by atoms with Gasteiger partial charge in [0.2, 0.25) is 5.82 Å². The number of fused-ring (bicyclic) bond motifs is 1. The first-order valence-corrected chi connectivity index (χ1v) is 18.8. The Kier molecular flexibility index (Phi) is 10.5. The van der Waals surface area contributed by atoms with Gasteiger partial charge in [-0.15, -0.1) is 11.3 Å². The third-order valence-corrected chi connectivity index (χ3v) is 11.2. The fourth-order valence-electron chi connectivity index (χ4n) is 5.65. The summed E-state index contributed by atoms with van der Waals surface area (Å²) in [6, 6.07) is 20.5. The third kappa shape index (κ3) is 7.34. The molecule has 0 radical (unpaired) electrons. The zero-order valence-electron chi connectivity index (χ0n) is 29.2. The SMILES string of the molecule is CCc1cc2c(c(C)n1)c(-c1ccccc1)nn2Cc1ccc(-c2ccsc2S(=O)(=O)N(C(=O)NOCC(C)C)c2ncc(C)nc2OC)cc1. The molecule has 12 nitrogen and oxygen atoms in total. The number of hydrogen-bond donors (Lipinski definition) is 1. The van der Waals surface area contributed by atoms with Gasteiger partial charge in [-0.2, -0.15) is 17.8 Å². The van der Waals surface area contributed by atoms with Crippen LogP contribution in [0, 0.1) is 19.8 Å². The van der Waals surface area contributed by atoms with E-state index in [2.05, 4.69) is 28.4 Å². The third-order valence-electron chi connectivity index (χ3n) is 8.07. The first-order chi connectivity index (χ1) is 24.5. The molecular formula is C37H39N7O5S2. The summed E-state index contributed by atoms with van der Waals surface area (Å²) in [7, 11) is -3.21. The van der Waals surface area contributed by atoms with E-state index in [1.165, 1.54) is 13.3 Å². The van der Waals surface area contributed by atoms with Crippen molar-refractivity contribution in [2.45, 2.75) is 51.8 Å². The molecule has 0 unspecified atom stereocenters. The number of benzene rings is 2. The summed E-state index contributed by atoms with van der Waals surface area (Å²) in [5.41, 5.74) is 9.59. The predicted octanol–water partition coefficient (Wildman–Crippen LogP) is 7.35. The summed E-state index contributed by atoms with van der Waals surface area (Å²) >= 11 is 0.991. The van der Waals surface area contributed by atoms with E-state index in [1.807, 2.05) is 80.1 Å². The van der Waals surface area contributed by atoms with Crippen LogP contribution in [0.3, 0.4) is 0 Å². The number of aryl methyl sites for hydroxylation is 3. The molecule has 51 heavy (non-hydrogen) atoms. The first-order valence-electron chi connectivity index (χ1n) is 16.5. The average molecular weight is 726 g/mol. The van der Waals surface area contributed by atoms with Gasteiger partial charge in [0.05, 0.1) is 37.7 Å². The highest BCUT2D eigenvalue weighted by Gasteiger charge is 2.38. The number of hydroxylamine groups is 1. The lowest BCUT2D eigenvalue weighted by Gasteiger charge is -2.23. The number of anilines is 1. The number of carbonyl (C=O) groups excluding carboxylic acids is 1. The van der Waals surface area contributed by atoms with Crippen LogP contribution in [-0.2, 0) is 27.8 Å². The van der Waals surface area contributed by atoms with E-state index in [9.17, 15) is 13.2 Å². The molecule has 0 aliphatic rings. The van der Waals surface area contributed by atoms with Crippen molar-refractivity contribution >= 4 is 44.1 Å². The van der Waals surface area contributed by atoms with Crippen LogP contribution in [0.25, 0.3) is 33.3 Å². The minimum atomic E-state index is -4.55. The lowest BCUT2D eigenvalue weighted by atomic mass is 10.1. The Hall–Kier alpha value is -5.18. The molecule has 0 bridgehead atoms. The molecule has 4 heterocycles.